The number of hydrogen-bond donors (Lipinski definition) is 0. The molecule has 0 fully saturated rings. The van der Waals surface area contributed by atoms with Crippen LogP contribution >= 0.6 is 10.7 Å². The molecule has 1 rings (SSSR count). The summed E-state index contributed by atoms with van der Waals surface area (Å²) in [5.74, 6) is 2.09. The van der Waals surface area contributed by atoms with Crippen LogP contribution in [0.4, 0.5) is 5.69 Å². The molecule has 0 saturated heterocycles. The van der Waals surface area contributed by atoms with Crippen molar-refractivity contribution in [3.63, 3.8) is 0 Å². The van der Waals surface area contributed by atoms with Gasteiger partial charge >= 0.3 is 0 Å². The molecule has 0 spiro atoms. The maximum atomic E-state index is 11.4. The van der Waals surface area contributed by atoms with Crippen LogP contribution in [0.5, 0.6) is 5.75 Å². The van der Waals surface area contributed by atoms with Crippen molar-refractivity contribution in [1.82, 2.24) is 0 Å². The molecule has 0 radical (unpaired) electrons. The van der Waals surface area contributed by atoms with Crippen molar-refractivity contribution in [1.29, 1.82) is 0 Å². The van der Waals surface area contributed by atoms with Gasteiger partial charge in [-0.1, -0.05) is 5.92 Å². The van der Waals surface area contributed by atoms with Crippen molar-refractivity contribution in [3.05, 3.63) is 27.8 Å². The average molecular weight is 290 g/mol. The number of aryl methyl sites for hydroxylation is 1. The molecule has 0 aliphatic heterocycles. The quantitative estimate of drug-likeness (QED) is 0.365. The van der Waals surface area contributed by atoms with Gasteiger partial charge in [0.15, 0.2) is 0 Å². The second-order valence-corrected chi connectivity index (χ2v) is 5.81. The third-order valence-corrected chi connectivity index (χ3v) is 3.33. The van der Waals surface area contributed by atoms with Crippen LogP contribution in [0.1, 0.15) is 5.56 Å². The van der Waals surface area contributed by atoms with E-state index in [0.29, 0.717) is 0 Å². The van der Waals surface area contributed by atoms with Crippen LogP contribution in [0.25, 0.3) is 0 Å². The Labute approximate surface area is 108 Å². The summed E-state index contributed by atoms with van der Waals surface area (Å²) in [6.45, 7) is 1.29. The first-order valence-electron chi connectivity index (χ1n) is 4.57. The third-order valence-electron chi connectivity index (χ3n) is 2.00. The van der Waals surface area contributed by atoms with Gasteiger partial charge in [-0.05, 0) is 12.5 Å². The first kappa shape index (κ1) is 14.3. The second-order valence-electron chi connectivity index (χ2n) is 3.28. The fraction of sp³-hybridized carbons (Fsp3) is 0.200. The Kier molecular flexibility index (Phi) is 4.16. The zero-order valence-corrected chi connectivity index (χ0v) is 10.8. The van der Waals surface area contributed by atoms with Crippen LogP contribution in [0.15, 0.2) is 17.0 Å². The van der Waals surface area contributed by atoms with Gasteiger partial charge in [0, 0.05) is 22.8 Å². The Morgan fingerprint density at radius 2 is 2.17 bits per heavy atom. The minimum atomic E-state index is -4.17. The number of halogens is 1. The van der Waals surface area contributed by atoms with Crippen molar-refractivity contribution in [2.75, 3.05) is 6.61 Å². The fourth-order valence-corrected chi connectivity index (χ4v) is 2.36. The van der Waals surface area contributed by atoms with E-state index in [4.69, 9.17) is 21.8 Å². The molecule has 0 N–H and O–H groups in total. The molecule has 0 aliphatic rings. The summed E-state index contributed by atoms with van der Waals surface area (Å²) < 4.78 is 27.8. The molecule has 0 aliphatic carbocycles. The Balaban J connectivity index is 3.51. The van der Waals surface area contributed by atoms with E-state index in [1.54, 1.807) is 0 Å². The fourth-order valence-electron chi connectivity index (χ4n) is 1.31. The van der Waals surface area contributed by atoms with Gasteiger partial charge in [0.25, 0.3) is 14.7 Å². The maximum Gasteiger partial charge on any atom is 0.271 e. The van der Waals surface area contributed by atoms with E-state index in [-0.39, 0.29) is 23.6 Å². The Hall–Kier alpha value is -1.78. The highest BCUT2D eigenvalue weighted by atomic mass is 35.7. The Morgan fingerprint density at radius 1 is 1.56 bits per heavy atom. The van der Waals surface area contributed by atoms with E-state index < -0.39 is 18.9 Å². The molecular weight excluding hydrogens is 282 g/mol. The highest BCUT2D eigenvalue weighted by Crippen LogP contribution is 2.34. The molecule has 0 amide bonds. The maximum absolute atomic E-state index is 11.4. The van der Waals surface area contributed by atoms with E-state index in [0.717, 1.165) is 6.07 Å². The van der Waals surface area contributed by atoms with E-state index in [2.05, 4.69) is 5.92 Å². The molecule has 18 heavy (non-hydrogen) atoms. The minimum absolute atomic E-state index is 0.0754. The van der Waals surface area contributed by atoms with Crippen molar-refractivity contribution >= 4 is 25.4 Å². The van der Waals surface area contributed by atoms with Gasteiger partial charge in [-0.2, -0.15) is 0 Å². The number of rotatable bonds is 4. The Bertz CT molecular complexity index is 632. The molecule has 1 aromatic rings. The topological polar surface area (TPSA) is 86.5 Å². The lowest BCUT2D eigenvalue weighted by Gasteiger charge is -2.10. The molecule has 6 nitrogen and oxygen atoms in total. The Morgan fingerprint density at radius 3 is 2.61 bits per heavy atom. The third kappa shape index (κ3) is 3.12. The predicted octanol–water partition coefficient (Wildman–Crippen LogP) is 1.84. The SMILES string of the molecule is C#CCOc1c(C)cc([N+](=O)[O-])cc1S(=O)(=O)Cl. The molecule has 0 heterocycles. The summed E-state index contributed by atoms with van der Waals surface area (Å²) >= 11 is 0. The molecule has 0 unspecified atom stereocenters. The van der Waals surface area contributed by atoms with Crippen LogP contribution < -0.4 is 4.74 Å². The summed E-state index contributed by atoms with van der Waals surface area (Å²) in [5, 5.41) is 10.7. The van der Waals surface area contributed by atoms with Crippen LogP contribution in [0.2, 0.25) is 0 Å². The van der Waals surface area contributed by atoms with Crippen molar-refractivity contribution in [2.24, 2.45) is 0 Å². The number of non-ortho nitro benzene ring substituents is 1. The summed E-state index contributed by atoms with van der Waals surface area (Å²) in [5.41, 5.74) is -0.126. The molecule has 0 aromatic heterocycles. The smallest absolute Gasteiger partial charge is 0.271 e. The molecular formula is C10H8ClNO5S. The van der Waals surface area contributed by atoms with Crippen LogP contribution in [-0.4, -0.2) is 19.9 Å². The van der Waals surface area contributed by atoms with Gasteiger partial charge in [0.2, 0.25) is 0 Å². The van der Waals surface area contributed by atoms with Crippen LogP contribution in [0, 0.1) is 29.4 Å². The first-order chi connectivity index (χ1) is 8.27. The number of ether oxygens (including phenoxy) is 1. The van der Waals surface area contributed by atoms with Crippen molar-refractivity contribution < 1.29 is 18.1 Å². The number of nitro groups is 1. The molecule has 0 saturated carbocycles. The predicted molar refractivity (Wildman–Crippen MR) is 65.2 cm³/mol. The van der Waals surface area contributed by atoms with E-state index >= 15 is 0 Å². The molecule has 96 valence electrons. The highest BCUT2D eigenvalue weighted by molar-refractivity contribution is 8.13. The van der Waals surface area contributed by atoms with Crippen LogP contribution in [0.3, 0.4) is 0 Å². The van der Waals surface area contributed by atoms with E-state index in [1.165, 1.54) is 13.0 Å². The molecule has 0 atom stereocenters. The second kappa shape index (κ2) is 5.25. The van der Waals surface area contributed by atoms with Gasteiger partial charge < -0.3 is 4.74 Å². The minimum Gasteiger partial charge on any atom is -0.479 e. The number of nitro benzene ring substituents is 1. The number of benzene rings is 1. The average Bonchev–Trinajstić information content (AvgIpc) is 2.25. The molecule has 8 heteroatoms. The van der Waals surface area contributed by atoms with Crippen molar-refractivity contribution in [3.8, 4) is 18.1 Å². The standard InChI is InChI=1S/C10H8ClNO5S/c1-3-4-17-10-7(2)5-8(12(13)14)6-9(10)18(11,15)16/h1,5-6H,4H2,2H3. The highest BCUT2D eigenvalue weighted by Gasteiger charge is 2.23. The number of terminal acetylenes is 1. The normalized spacial score (nSPS) is 10.7. The van der Waals surface area contributed by atoms with Gasteiger partial charge in [-0.3, -0.25) is 10.1 Å². The van der Waals surface area contributed by atoms with Gasteiger partial charge in [0.05, 0.1) is 4.92 Å². The van der Waals surface area contributed by atoms with Gasteiger partial charge in [0.1, 0.15) is 17.3 Å². The van der Waals surface area contributed by atoms with E-state index in [9.17, 15) is 18.5 Å². The lowest BCUT2D eigenvalue weighted by atomic mass is 10.2. The lowest BCUT2D eigenvalue weighted by Crippen LogP contribution is -2.04. The zero-order valence-electron chi connectivity index (χ0n) is 9.21. The van der Waals surface area contributed by atoms with Gasteiger partial charge in [-0.25, -0.2) is 8.42 Å². The van der Waals surface area contributed by atoms with Crippen molar-refractivity contribution in [2.45, 2.75) is 11.8 Å². The number of hydrogen-bond acceptors (Lipinski definition) is 5. The summed E-state index contributed by atoms with van der Waals surface area (Å²) in [6.07, 6.45) is 5.00. The number of nitrogens with zero attached hydrogens (tertiary/aromatic N) is 1. The monoisotopic (exact) mass is 289 g/mol. The zero-order chi connectivity index (χ0) is 13.9. The summed E-state index contributed by atoms with van der Waals surface area (Å²) in [6, 6.07) is 2.01. The van der Waals surface area contributed by atoms with Gasteiger partial charge in [-0.15, -0.1) is 6.42 Å². The lowest BCUT2D eigenvalue weighted by molar-refractivity contribution is -0.385. The van der Waals surface area contributed by atoms with E-state index in [1.807, 2.05) is 0 Å². The first-order valence-corrected chi connectivity index (χ1v) is 6.88. The summed E-state index contributed by atoms with van der Waals surface area (Å²) in [4.78, 5) is 9.47. The van der Waals surface area contributed by atoms with Crippen LogP contribution in [-0.2, 0) is 9.05 Å². The summed E-state index contributed by atoms with van der Waals surface area (Å²) in [7, 11) is 1.04. The largest absolute Gasteiger partial charge is 0.479 e. The molecule has 1 aromatic carbocycles. The molecule has 0 bridgehead atoms.